The van der Waals surface area contributed by atoms with Crippen molar-refractivity contribution in [3.05, 3.63) is 42.2 Å². The van der Waals surface area contributed by atoms with Gasteiger partial charge in [0, 0.05) is 55.2 Å². The molecule has 2 fully saturated rings. The maximum atomic E-state index is 12.7. The summed E-state index contributed by atoms with van der Waals surface area (Å²) >= 11 is 0. The fraction of sp³-hybridized carbons (Fsp3) is 0.400. The van der Waals surface area contributed by atoms with E-state index in [2.05, 4.69) is 15.3 Å². The van der Waals surface area contributed by atoms with Crippen molar-refractivity contribution in [2.24, 2.45) is 0 Å². The number of anilines is 3. The molecule has 3 amide bonds. The van der Waals surface area contributed by atoms with Crippen LogP contribution in [0.5, 0.6) is 0 Å². The molecule has 1 aromatic carbocycles. The fourth-order valence-corrected chi connectivity index (χ4v) is 3.87. The smallest absolute Gasteiger partial charge is 0.321 e. The van der Waals surface area contributed by atoms with Crippen LogP contribution >= 0.6 is 0 Å². The first-order valence-electron chi connectivity index (χ1n) is 9.65. The minimum atomic E-state index is -0.120. The zero-order chi connectivity index (χ0) is 19.5. The SMILES string of the molecule is Nc1nccc(C2CCN(C(=O)Nc3cccc(N4CCCC4=O)c3)CC2)n1. The lowest BCUT2D eigenvalue weighted by Crippen LogP contribution is -2.40. The van der Waals surface area contributed by atoms with Crippen LogP contribution in [0.15, 0.2) is 36.5 Å². The van der Waals surface area contributed by atoms with Crippen LogP contribution in [0.1, 0.15) is 37.3 Å². The Hall–Kier alpha value is -3.16. The van der Waals surface area contributed by atoms with Gasteiger partial charge >= 0.3 is 6.03 Å². The molecule has 1 aromatic heterocycles. The van der Waals surface area contributed by atoms with E-state index < -0.39 is 0 Å². The zero-order valence-electron chi connectivity index (χ0n) is 15.7. The van der Waals surface area contributed by atoms with E-state index in [1.54, 1.807) is 11.1 Å². The second-order valence-electron chi connectivity index (χ2n) is 7.23. The van der Waals surface area contributed by atoms with Crippen molar-refractivity contribution in [1.29, 1.82) is 0 Å². The molecule has 3 heterocycles. The number of aromatic nitrogens is 2. The predicted octanol–water partition coefficient (Wildman–Crippen LogP) is 2.60. The molecule has 0 radical (unpaired) electrons. The Balaban J connectivity index is 1.35. The van der Waals surface area contributed by atoms with Gasteiger partial charge in [-0.3, -0.25) is 4.79 Å². The Labute approximate surface area is 163 Å². The first kappa shape index (κ1) is 18.2. The lowest BCUT2D eigenvalue weighted by Gasteiger charge is -2.31. The van der Waals surface area contributed by atoms with Gasteiger partial charge in [-0.1, -0.05) is 6.07 Å². The van der Waals surface area contributed by atoms with Gasteiger partial charge in [0.2, 0.25) is 11.9 Å². The summed E-state index contributed by atoms with van der Waals surface area (Å²) in [4.78, 5) is 36.4. The van der Waals surface area contributed by atoms with Crippen molar-refractivity contribution in [3.63, 3.8) is 0 Å². The first-order chi connectivity index (χ1) is 13.6. The molecular weight excluding hydrogens is 356 g/mol. The summed E-state index contributed by atoms with van der Waals surface area (Å²) in [6.07, 6.45) is 4.82. The highest BCUT2D eigenvalue weighted by Gasteiger charge is 2.25. The van der Waals surface area contributed by atoms with E-state index >= 15 is 0 Å². The number of hydrogen-bond donors (Lipinski definition) is 2. The third-order valence-electron chi connectivity index (χ3n) is 5.38. The van der Waals surface area contributed by atoms with Crippen LogP contribution in [-0.4, -0.2) is 46.4 Å². The predicted molar refractivity (Wildman–Crippen MR) is 107 cm³/mol. The van der Waals surface area contributed by atoms with E-state index in [1.807, 2.05) is 35.2 Å². The summed E-state index contributed by atoms with van der Waals surface area (Å²) in [5.74, 6) is 0.712. The van der Waals surface area contributed by atoms with Crippen molar-refractivity contribution in [2.75, 3.05) is 35.6 Å². The standard InChI is InChI=1S/C20H24N6O2/c21-19-22-9-6-17(24-19)14-7-11-25(12-8-14)20(28)23-15-3-1-4-16(13-15)26-10-2-5-18(26)27/h1,3-4,6,9,13-14H,2,5,7-8,10-12H2,(H,23,28)(H2,21,22,24). The summed E-state index contributed by atoms with van der Waals surface area (Å²) < 4.78 is 0. The molecular formula is C20H24N6O2. The Morgan fingerprint density at radius 2 is 2.00 bits per heavy atom. The number of amides is 3. The number of piperidine rings is 1. The van der Waals surface area contributed by atoms with Crippen LogP contribution < -0.4 is 16.0 Å². The highest BCUT2D eigenvalue weighted by molar-refractivity contribution is 5.96. The molecule has 0 aliphatic carbocycles. The van der Waals surface area contributed by atoms with Gasteiger partial charge in [-0.05, 0) is 43.5 Å². The van der Waals surface area contributed by atoms with Crippen LogP contribution in [0.2, 0.25) is 0 Å². The van der Waals surface area contributed by atoms with Gasteiger partial charge in [0.1, 0.15) is 0 Å². The van der Waals surface area contributed by atoms with E-state index in [4.69, 9.17) is 5.73 Å². The van der Waals surface area contributed by atoms with Gasteiger partial charge < -0.3 is 20.9 Å². The molecule has 2 aliphatic heterocycles. The number of nitrogen functional groups attached to an aromatic ring is 1. The molecule has 0 atom stereocenters. The summed E-state index contributed by atoms with van der Waals surface area (Å²) in [5, 5.41) is 2.96. The van der Waals surface area contributed by atoms with Gasteiger partial charge in [0.25, 0.3) is 0 Å². The molecule has 8 heteroatoms. The van der Waals surface area contributed by atoms with E-state index in [-0.39, 0.29) is 17.9 Å². The Bertz CT molecular complexity index is 879. The monoisotopic (exact) mass is 380 g/mol. The molecule has 0 saturated carbocycles. The van der Waals surface area contributed by atoms with E-state index in [9.17, 15) is 9.59 Å². The number of carbonyl (C=O) groups is 2. The normalized spacial score (nSPS) is 17.8. The number of nitrogens with one attached hydrogen (secondary N) is 1. The summed E-state index contributed by atoms with van der Waals surface area (Å²) in [7, 11) is 0. The van der Waals surface area contributed by atoms with E-state index in [0.717, 1.165) is 37.2 Å². The van der Waals surface area contributed by atoms with Gasteiger partial charge in [-0.2, -0.15) is 0 Å². The molecule has 28 heavy (non-hydrogen) atoms. The minimum absolute atomic E-state index is 0.120. The number of likely N-dealkylation sites (tertiary alicyclic amines) is 1. The second kappa shape index (κ2) is 7.84. The van der Waals surface area contributed by atoms with Crippen molar-refractivity contribution in [1.82, 2.24) is 14.9 Å². The lowest BCUT2D eigenvalue weighted by atomic mass is 9.93. The highest BCUT2D eigenvalue weighted by atomic mass is 16.2. The minimum Gasteiger partial charge on any atom is -0.368 e. The van der Waals surface area contributed by atoms with E-state index in [1.165, 1.54) is 0 Å². The molecule has 8 nitrogen and oxygen atoms in total. The lowest BCUT2D eigenvalue weighted by molar-refractivity contribution is -0.117. The number of benzene rings is 1. The molecule has 0 spiro atoms. The largest absolute Gasteiger partial charge is 0.368 e. The van der Waals surface area contributed by atoms with Gasteiger partial charge in [0.15, 0.2) is 0 Å². The van der Waals surface area contributed by atoms with Crippen LogP contribution in [0.25, 0.3) is 0 Å². The number of carbonyl (C=O) groups excluding carboxylic acids is 2. The fourth-order valence-electron chi connectivity index (χ4n) is 3.87. The molecule has 0 unspecified atom stereocenters. The van der Waals surface area contributed by atoms with Crippen molar-refractivity contribution >= 4 is 29.3 Å². The summed E-state index contributed by atoms with van der Waals surface area (Å²) in [5.41, 5.74) is 8.15. The Morgan fingerprint density at radius 3 is 2.71 bits per heavy atom. The average Bonchev–Trinajstić information content (AvgIpc) is 3.14. The van der Waals surface area contributed by atoms with Crippen molar-refractivity contribution in [3.8, 4) is 0 Å². The van der Waals surface area contributed by atoms with E-state index in [0.29, 0.717) is 31.1 Å². The Morgan fingerprint density at radius 1 is 1.18 bits per heavy atom. The zero-order valence-corrected chi connectivity index (χ0v) is 15.7. The van der Waals surface area contributed by atoms with Gasteiger partial charge in [0.05, 0.1) is 0 Å². The number of urea groups is 1. The summed E-state index contributed by atoms with van der Waals surface area (Å²) in [6.45, 7) is 2.05. The highest BCUT2D eigenvalue weighted by Crippen LogP contribution is 2.28. The average molecular weight is 380 g/mol. The molecule has 2 aromatic rings. The molecule has 146 valence electrons. The summed E-state index contributed by atoms with van der Waals surface area (Å²) in [6, 6.07) is 9.24. The molecule has 3 N–H and O–H groups in total. The maximum absolute atomic E-state index is 12.7. The maximum Gasteiger partial charge on any atom is 0.321 e. The number of rotatable bonds is 3. The molecule has 4 rings (SSSR count). The van der Waals surface area contributed by atoms with Crippen LogP contribution in [0, 0.1) is 0 Å². The first-order valence-corrected chi connectivity index (χ1v) is 9.65. The van der Waals surface area contributed by atoms with Crippen LogP contribution in [-0.2, 0) is 4.79 Å². The number of nitrogens with zero attached hydrogens (tertiary/aromatic N) is 4. The van der Waals surface area contributed by atoms with Crippen molar-refractivity contribution < 1.29 is 9.59 Å². The topological polar surface area (TPSA) is 104 Å². The molecule has 2 saturated heterocycles. The Kier molecular flexibility index (Phi) is 5.10. The van der Waals surface area contributed by atoms with Crippen LogP contribution in [0.4, 0.5) is 22.1 Å². The number of hydrogen-bond acceptors (Lipinski definition) is 5. The number of nitrogens with two attached hydrogens (primary N) is 1. The quantitative estimate of drug-likeness (QED) is 0.852. The third kappa shape index (κ3) is 3.90. The second-order valence-corrected chi connectivity index (χ2v) is 7.23. The molecule has 0 bridgehead atoms. The van der Waals surface area contributed by atoms with Gasteiger partial charge in [-0.15, -0.1) is 0 Å². The van der Waals surface area contributed by atoms with Crippen molar-refractivity contribution in [2.45, 2.75) is 31.6 Å². The van der Waals surface area contributed by atoms with Crippen LogP contribution in [0.3, 0.4) is 0 Å². The third-order valence-corrected chi connectivity index (χ3v) is 5.38. The molecule has 2 aliphatic rings. The van der Waals surface area contributed by atoms with Gasteiger partial charge in [-0.25, -0.2) is 14.8 Å².